The van der Waals surface area contributed by atoms with E-state index in [9.17, 15) is 26.7 Å². The molecule has 1 atom stereocenters. The zero-order valence-corrected chi connectivity index (χ0v) is 12.3. The van der Waals surface area contributed by atoms with E-state index in [1.165, 1.54) is 0 Å². The van der Waals surface area contributed by atoms with Gasteiger partial charge >= 0.3 is 6.18 Å². The molecule has 0 aromatic heterocycles. The van der Waals surface area contributed by atoms with Crippen LogP contribution in [-0.4, -0.2) is 37.0 Å². The summed E-state index contributed by atoms with van der Waals surface area (Å²) in [4.78, 5) is -0.590. The third-order valence-corrected chi connectivity index (χ3v) is 5.58. The van der Waals surface area contributed by atoms with Gasteiger partial charge in [0, 0.05) is 13.1 Å². The lowest BCUT2D eigenvalue weighted by Gasteiger charge is -2.29. The highest BCUT2D eigenvalue weighted by atomic mass is 35.5. The third kappa shape index (κ3) is 3.50. The van der Waals surface area contributed by atoms with Crippen LogP contribution in [0.4, 0.5) is 13.2 Å². The van der Waals surface area contributed by atoms with Crippen molar-refractivity contribution in [2.24, 2.45) is 0 Å². The van der Waals surface area contributed by atoms with Crippen LogP contribution in [0.5, 0.6) is 0 Å². The molecule has 4 nitrogen and oxygen atoms in total. The number of sulfonamides is 1. The van der Waals surface area contributed by atoms with Gasteiger partial charge in [-0.25, -0.2) is 8.42 Å². The molecule has 21 heavy (non-hydrogen) atoms. The summed E-state index contributed by atoms with van der Waals surface area (Å²) in [6.45, 7) is 0.000868. The number of nitrogens with zero attached hydrogens (tertiary/aromatic N) is 1. The molecule has 1 N–H and O–H groups in total. The van der Waals surface area contributed by atoms with Crippen LogP contribution in [0.1, 0.15) is 18.4 Å². The molecule has 0 aliphatic carbocycles. The molecule has 1 fully saturated rings. The smallest absolute Gasteiger partial charge is 0.392 e. The number of aliphatic hydroxyl groups excluding tert-OH is 1. The quantitative estimate of drug-likeness (QED) is 0.897. The summed E-state index contributed by atoms with van der Waals surface area (Å²) < 4.78 is 63.9. The summed E-state index contributed by atoms with van der Waals surface area (Å²) in [5, 5.41) is 9.25. The molecule has 0 unspecified atom stereocenters. The van der Waals surface area contributed by atoms with E-state index >= 15 is 0 Å². The molecule has 1 aromatic carbocycles. The average molecular weight is 344 g/mol. The van der Waals surface area contributed by atoms with Gasteiger partial charge in [-0.3, -0.25) is 0 Å². The number of hydrogen-bond donors (Lipinski definition) is 1. The van der Waals surface area contributed by atoms with Gasteiger partial charge in [-0.2, -0.15) is 17.5 Å². The molecular weight excluding hydrogens is 331 g/mol. The number of alkyl halides is 3. The average Bonchev–Trinajstić information content (AvgIpc) is 2.37. The van der Waals surface area contributed by atoms with E-state index in [2.05, 4.69) is 0 Å². The van der Waals surface area contributed by atoms with Crippen LogP contribution < -0.4 is 0 Å². The van der Waals surface area contributed by atoms with Gasteiger partial charge in [0.2, 0.25) is 10.0 Å². The van der Waals surface area contributed by atoms with Crippen molar-refractivity contribution >= 4 is 21.6 Å². The Balaban J connectivity index is 2.44. The Hall–Kier alpha value is -0.830. The fourth-order valence-corrected chi connectivity index (χ4v) is 4.17. The van der Waals surface area contributed by atoms with Crippen LogP contribution in [0.3, 0.4) is 0 Å². The molecule has 0 radical (unpaired) electrons. The van der Waals surface area contributed by atoms with E-state index in [4.69, 9.17) is 11.6 Å². The number of benzene rings is 1. The van der Waals surface area contributed by atoms with E-state index in [1.54, 1.807) is 0 Å². The van der Waals surface area contributed by atoms with E-state index in [0.29, 0.717) is 18.9 Å². The molecule has 0 spiro atoms. The van der Waals surface area contributed by atoms with Crippen LogP contribution in [0.25, 0.3) is 0 Å². The molecule has 9 heteroatoms. The van der Waals surface area contributed by atoms with Gasteiger partial charge in [0.15, 0.2) is 0 Å². The SMILES string of the molecule is O=S(=O)(c1cc(C(F)(F)F)ccc1Cl)N1CCC[C@H](O)C1. The highest BCUT2D eigenvalue weighted by molar-refractivity contribution is 7.89. The van der Waals surface area contributed by atoms with Gasteiger partial charge < -0.3 is 5.11 Å². The number of β-amino-alcohol motifs (C(OH)–C–C–N with tert-alkyl or cyclic N) is 1. The summed E-state index contributed by atoms with van der Waals surface area (Å²) in [6.07, 6.45) is -4.58. The maximum Gasteiger partial charge on any atom is 0.416 e. The fourth-order valence-electron chi connectivity index (χ4n) is 2.16. The Morgan fingerprint density at radius 2 is 2.00 bits per heavy atom. The van der Waals surface area contributed by atoms with Crippen molar-refractivity contribution in [3.8, 4) is 0 Å². The van der Waals surface area contributed by atoms with Gasteiger partial charge in [0.25, 0.3) is 0 Å². The van der Waals surface area contributed by atoms with Gasteiger partial charge in [0.05, 0.1) is 16.7 Å². The zero-order valence-electron chi connectivity index (χ0n) is 10.8. The Bertz CT molecular complexity index is 633. The fraction of sp³-hybridized carbons (Fsp3) is 0.500. The minimum atomic E-state index is -4.66. The van der Waals surface area contributed by atoms with Gasteiger partial charge in [0.1, 0.15) is 4.90 Å². The number of rotatable bonds is 2. The number of aliphatic hydroxyl groups is 1. The van der Waals surface area contributed by atoms with Crippen LogP contribution >= 0.6 is 11.6 Å². The van der Waals surface area contributed by atoms with E-state index in [-0.39, 0.29) is 18.1 Å². The standard InChI is InChI=1S/C12H13ClF3NO3S/c13-10-4-3-8(12(14,15)16)6-11(10)21(19,20)17-5-1-2-9(18)7-17/h3-4,6,9,18H,1-2,5,7H2/t9-/m0/s1. The van der Waals surface area contributed by atoms with Crippen molar-refractivity contribution in [2.75, 3.05) is 13.1 Å². The molecule has 1 aliphatic rings. The van der Waals surface area contributed by atoms with E-state index < -0.39 is 32.8 Å². The molecular formula is C12H13ClF3NO3S. The Labute approximate surface area is 125 Å². The van der Waals surface area contributed by atoms with E-state index in [1.807, 2.05) is 0 Å². The van der Waals surface area contributed by atoms with Gasteiger partial charge in [-0.1, -0.05) is 11.6 Å². The van der Waals surface area contributed by atoms with Gasteiger partial charge in [-0.15, -0.1) is 0 Å². The first kappa shape index (κ1) is 16.5. The summed E-state index contributed by atoms with van der Waals surface area (Å²) in [7, 11) is -4.17. The predicted octanol–water partition coefficient (Wildman–Crippen LogP) is 2.50. The second-order valence-electron chi connectivity index (χ2n) is 4.80. The van der Waals surface area contributed by atoms with Crippen molar-refractivity contribution in [2.45, 2.75) is 30.0 Å². The summed E-state index contributed by atoms with van der Waals surface area (Å²) in [5.74, 6) is 0. The molecule has 0 bridgehead atoms. The van der Waals surface area contributed by atoms with Crippen molar-refractivity contribution in [1.82, 2.24) is 4.31 Å². The van der Waals surface area contributed by atoms with Crippen LogP contribution in [0.2, 0.25) is 5.02 Å². The minimum absolute atomic E-state index is 0.144. The second kappa shape index (κ2) is 5.75. The molecule has 0 amide bonds. The molecule has 2 rings (SSSR count). The van der Waals surface area contributed by atoms with Crippen molar-refractivity contribution in [3.63, 3.8) is 0 Å². The lowest BCUT2D eigenvalue weighted by molar-refractivity contribution is -0.137. The Morgan fingerprint density at radius 3 is 2.57 bits per heavy atom. The Morgan fingerprint density at radius 1 is 1.33 bits per heavy atom. The summed E-state index contributed by atoms with van der Waals surface area (Å²) in [5.41, 5.74) is -1.08. The number of piperidine rings is 1. The first-order valence-corrected chi connectivity index (χ1v) is 7.99. The van der Waals surface area contributed by atoms with Crippen molar-refractivity contribution in [3.05, 3.63) is 28.8 Å². The number of halogens is 4. The molecule has 1 saturated heterocycles. The number of hydrogen-bond acceptors (Lipinski definition) is 3. The summed E-state index contributed by atoms with van der Waals surface area (Å²) in [6, 6.07) is 2.17. The van der Waals surface area contributed by atoms with Crippen LogP contribution in [0, 0.1) is 0 Å². The van der Waals surface area contributed by atoms with Gasteiger partial charge in [-0.05, 0) is 31.0 Å². The highest BCUT2D eigenvalue weighted by Crippen LogP contribution is 2.34. The summed E-state index contributed by atoms with van der Waals surface area (Å²) >= 11 is 5.75. The maximum absolute atomic E-state index is 12.7. The zero-order chi connectivity index (χ0) is 15.8. The topological polar surface area (TPSA) is 57.6 Å². The Kier molecular flexibility index (Phi) is 4.53. The first-order chi connectivity index (χ1) is 9.62. The minimum Gasteiger partial charge on any atom is -0.392 e. The lowest BCUT2D eigenvalue weighted by atomic mass is 10.1. The van der Waals surface area contributed by atoms with Crippen LogP contribution in [-0.2, 0) is 16.2 Å². The molecule has 1 aromatic rings. The normalized spacial score (nSPS) is 21.5. The second-order valence-corrected chi connectivity index (χ2v) is 7.12. The molecule has 118 valence electrons. The maximum atomic E-state index is 12.7. The largest absolute Gasteiger partial charge is 0.416 e. The van der Waals surface area contributed by atoms with Crippen molar-refractivity contribution in [1.29, 1.82) is 0 Å². The monoisotopic (exact) mass is 343 g/mol. The lowest BCUT2D eigenvalue weighted by Crippen LogP contribution is -2.42. The molecule has 1 heterocycles. The predicted molar refractivity (Wildman–Crippen MR) is 70.5 cm³/mol. The van der Waals surface area contributed by atoms with E-state index in [0.717, 1.165) is 16.4 Å². The third-order valence-electron chi connectivity index (χ3n) is 3.24. The molecule has 1 aliphatic heterocycles. The van der Waals surface area contributed by atoms with Crippen molar-refractivity contribution < 1.29 is 26.7 Å². The van der Waals surface area contributed by atoms with Crippen LogP contribution in [0.15, 0.2) is 23.1 Å². The first-order valence-electron chi connectivity index (χ1n) is 6.17. The highest BCUT2D eigenvalue weighted by Gasteiger charge is 2.35. The molecule has 0 saturated carbocycles.